The van der Waals surface area contributed by atoms with E-state index in [2.05, 4.69) is 25.6 Å². The van der Waals surface area contributed by atoms with Crippen LogP contribution >= 0.6 is 0 Å². The molecule has 0 spiro atoms. The van der Waals surface area contributed by atoms with Crippen molar-refractivity contribution < 1.29 is 14.3 Å². The van der Waals surface area contributed by atoms with Gasteiger partial charge in [-0.15, -0.1) is 0 Å². The first-order valence-electron chi connectivity index (χ1n) is 6.41. The molecular formula is C16H17NO3. The van der Waals surface area contributed by atoms with E-state index in [0.29, 0.717) is 5.92 Å². The third-order valence-electron chi connectivity index (χ3n) is 3.03. The van der Waals surface area contributed by atoms with Crippen LogP contribution in [0.3, 0.4) is 0 Å². The number of carboxylic acid groups (broad SMARTS) is 1. The molecule has 20 heavy (non-hydrogen) atoms. The van der Waals surface area contributed by atoms with Gasteiger partial charge in [0.05, 0.1) is 12.1 Å². The lowest BCUT2D eigenvalue weighted by Gasteiger charge is -1.99. The number of rotatable bonds is 5. The molecule has 1 aromatic carbocycles. The average Bonchev–Trinajstić information content (AvgIpc) is 2.81. The van der Waals surface area contributed by atoms with Crippen LogP contribution < -0.4 is 0 Å². The summed E-state index contributed by atoms with van der Waals surface area (Å²) in [5, 5.41) is 10.1. The summed E-state index contributed by atoms with van der Waals surface area (Å²) in [5.74, 6) is 0.257. The van der Waals surface area contributed by atoms with E-state index < -0.39 is 5.97 Å². The highest BCUT2D eigenvalue weighted by Gasteiger charge is 2.09. The van der Waals surface area contributed by atoms with Crippen LogP contribution in [0, 0.1) is 0 Å². The van der Waals surface area contributed by atoms with E-state index in [1.807, 2.05) is 24.3 Å². The lowest BCUT2D eigenvalue weighted by atomic mass is 10.1. The Labute approximate surface area is 117 Å². The van der Waals surface area contributed by atoms with Crippen molar-refractivity contribution in [1.29, 1.82) is 0 Å². The first kappa shape index (κ1) is 14.1. The third kappa shape index (κ3) is 2.96. The Morgan fingerprint density at radius 3 is 2.80 bits per heavy atom. The summed E-state index contributed by atoms with van der Waals surface area (Å²) in [6.07, 6.45) is 1.59. The van der Waals surface area contributed by atoms with Crippen LogP contribution in [0.15, 0.2) is 39.2 Å². The maximum Gasteiger partial charge on any atom is 0.333 e. The topological polar surface area (TPSA) is 62.8 Å². The van der Waals surface area contributed by atoms with Gasteiger partial charge in [-0.3, -0.25) is 4.99 Å². The molecule has 1 heterocycles. The molecule has 0 atom stereocenters. The van der Waals surface area contributed by atoms with Crippen molar-refractivity contribution in [2.24, 2.45) is 4.99 Å². The van der Waals surface area contributed by atoms with Crippen molar-refractivity contribution >= 4 is 29.7 Å². The third-order valence-corrected chi connectivity index (χ3v) is 3.03. The van der Waals surface area contributed by atoms with Crippen molar-refractivity contribution in [1.82, 2.24) is 0 Å². The molecule has 0 aliphatic carbocycles. The zero-order valence-electron chi connectivity index (χ0n) is 11.6. The van der Waals surface area contributed by atoms with Gasteiger partial charge in [0.25, 0.3) is 0 Å². The molecule has 0 radical (unpaired) electrons. The number of furan rings is 1. The van der Waals surface area contributed by atoms with Crippen LogP contribution in [0.2, 0.25) is 0 Å². The van der Waals surface area contributed by atoms with Crippen molar-refractivity contribution in [2.45, 2.75) is 19.8 Å². The van der Waals surface area contributed by atoms with Gasteiger partial charge in [-0.1, -0.05) is 26.0 Å². The van der Waals surface area contributed by atoms with Crippen molar-refractivity contribution in [3.8, 4) is 0 Å². The van der Waals surface area contributed by atoms with Gasteiger partial charge in [0.15, 0.2) is 0 Å². The van der Waals surface area contributed by atoms with Crippen LogP contribution in [0.4, 0.5) is 0 Å². The van der Waals surface area contributed by atoms with Gasteiger partial charge in [0.2, 0.25) is 0 Å². The summed E-state index contributed by atoms with van der Waals surface area (Å²) < 4.78 is 5.76. The molecule has 0 fully saturated rings. The molecule has 104 valence electrons. The summed E-state index contributed by atoms with van der Waals surface area (Å²) in [6.45, 7) is 7.54. The first-order chi connectivity index (χ1) is 9.51. The number of hydrogen-bond acceptors (Lipinski definition) is 3. The summed E-state index contributed by atoms with van der Waals surface area (Å²) in [5.41, 5.74) is 1.75. The lowest BCUT2D eigenvalue weighted by molar-refractivity contribution is -0.132. The molecule has 2 rings (SSSR count). The van der Waals surface area contributed by atoms with Crippen LogP contribution in [0.5, 0.6) is 0 Å². The molecule has 0 aliphatic rings. The first-order valence-corrected chi connectivity index (χ1v) is 6.41. The molecule has 0 saturated carbocycles. The standard InChI is InChI=1S/C16H17NO3/c1-10(2)14-8-12-5-4-11(7-15(12)20-14)6-13(9-17-3)16(18)19/h4-8,10H,3,9H2,1-2H3,(H,18,19)/b13-6-. The summed E-state index contributed by atoms with van der Waals surface area (Å²) in [4.78, 5) is 14.7. The van der Waals surface area contributed by atoms with Crippen LogP contribution in [-0.4, -0.2) is 24.3 Å². The zero-order chi connectivity index (χ0) is 14.7. The number of benzene rings is 1. The molecule has 0 bridgehead atoms. The van der Waals surface area contributed by atoms with Gasteiger partial charge in [0.1, 0.15) is 11.3 Å². The molecule has 1 aromatic heterocycles. The predicted octanol–water partition coefficient (Wildman–Crippen LogP) is 3.72. The average molecular weight is 271 g/mol. The second kappa shape index (κ2) is 5.74. The van der Waals surface area contributed by atoms with Crippen molar-refractivity contribution in [2.75, 3.05) is 6.54 Å². The number of hydrogen-bond donors (Lipinski definition) is 1. The van der Waals surface area contributed by atoms with E-state index in [4.69, 9.17) is 9.52 Å². The molecule has 0 amide bonds. The zero-order valence-corrected chi connectivity index (χ0v) is 11.6. The maximum atomic E-state index is 11.1. The van der Waals surface area contributed by atoms with Crippen molar-refractivity contribution in [3.05, 3.63) is 41.2 Å². The Morgan fingerprint density at radius 2 is 2.20 bits per heavy atom. The lowest BCUT2D eigenvalue weighted by Crippen LogP contribution is -2.03. The van der Waals surface area contributed by atoms with E-state index in [-0.39, 0.29) is 12.1 Å². The normalized spacial score (nSPS) is 12.1. The highest BCUT2D eigenvalue weighted by molar-refractivity contribution is 5.93. The van der Waals surface area contributed by atoms with E-state index >= 15 is 0 Å². The van der Waals surface area contributed by atoms with Gasteiger partial charge in [-0.2, -0.15) is 0 Å². The number of carboxylic acids is 1. The fourth-order valence-electron chi connectivity index (χ4n) is 1.94. The SMILES string of the molecule is C=NC/C(=C/c1ccc2cc(C(C)C)oc2c1)C(=O)O. The summed E-state index contributed by atoms with van der Waals surface area (Å²) >= 11 is 0. The molecule has 0 aliphatic heterocycles. The highest BCUT2D eigenvalue weighted by atomic mass is 16.4. The number of nitrogens with zero attached hydrogens (tertiary/aromatic N) is 1. The number of fused-ring (bicyclic) bond motifs is 1. The summed E-state index contributed by atoms with van der Waals surface area (Å²) in [6, 6.07) is 7.65. The molecule has 4 nitrogen and oxygen atoms in total. The van der Waals surface area contributed by atoms with Crippen LogP contribution in [-0.2, 0) is 4.79 Å². The summed E-state index contributed by atoms with van der Waals surface area (Å²) in [7, 11) is 0. The number of aliphatic imine (C=N–C) groups is 1. The largest absolute Gasteiger partial charge is 0.478 e. The molecular weight excluding hydrogens is 254 g/mol. The van der Waals surface area contributed by atoms with Crippen molar-refractivity contribution in [3.63, 3.8) is 0 Å². The van der Waals surface area contributed by atoms with Gasteiger partial charge in [0, 0.05) is 11.3 Å². The molecule has 2 aromatic rings. The minimum absolute atomic E-state index is 0.0861. The Hall–Kier alpha value is -2.36. The highest BCUT2D eigenvalue weighted by Crippen LogP contribution is 2.26. The molecule has 0 saturated heterocycles. The Kier molecular flexibility index (Phi) is 4.03. The van der Waals surface area contributed by atoms with Gasteiger partial charge in [-0.25, -0.2) is 4.79 Å². The Bertz CT molecular complexity index is 680. The molecule has 1 N–H and O–H groups in total. The van der Waals surface area contributed by atoms with Gasteiger partial charge >= 0.3 is 5.97 Å². The Balaban J connectivity index is 2.42. The minimum atomic E-state index is -0.986. The maximum absolute atomic E-state index is 11.1. The van der Waals surface area contributed by atoms with E-state index in [1.54, 1.807) is 6.08 Å². The second-order valence-corrected chi connectivity index (χ2v) is 4.96. The fourth-order valence-corrected chi connectivity index (χ4v) is 1.94. The smallest absolute Gasteiger partial charge is 0.333 e. The van der Waals surface area contributed by atoms with Gasteiger partial charge in [-0.05, 0) is 30.5 Å². The molecule has 0 unspecified atom stereocenters. The molecule has 4 heteroatoms. The Morgan fingerprint density at radius 1 is 1.45 bits per heavy atom. The van der Waals surface area contributed by atoms with Crippen LogP contribution in [0.1, 0.15) is 31.1 Å². The number of aliphatic carboxylic acids is 1. The fraction of sp³-hybridized carbons (Fsp3) is 0.250. The van der Waals surface area contributed by atoms with Crippen LogP contribution in [0.25, 0.3) is 17.0 Å². The quantitative estimate of drug-likeness (QED) is 0.665. The van der Waals surface area contributed by atoms with E-state index in [9.17, 15) is 4.79 Å². The number of carbonyl (C=O) groups is 1. The predicted molar refractivity (Wildman–Crippen MR) is 80.3 cm³/mol. The minimum Gasteiger partial charge on any atom is -0.478 e. The second-order valence-electron chi connectivity index (χ2n) is 4.96. The van der Waals surface area contributed by atoms with E-state index in [1.165, 1.54) is 0 Å². The van der Waals surface area contributed by atoms with E-state index in [0.717, 1.165) is 22.3 Å². The van der Waals surface area contributed by atoms with Gasteiger partial charge < -0.3 is 9.52 Å². The monoisotopic (exact) mass is 271 g/mol.